The maximum atomic E-state index is 13.4. The molecule has 1 unspecified atom stereocenters. The highest BCUT2D eigenvalue weighted by Gasteiger charge is 2.50. The molecule has 1 spiro atoms. The third-order valence-corrected chi connectivity index (χ3v) is 5.00. The molecule has 0 saturated carbocycles. The lowest BCUT2D eigenvalue weighted by Crippen LogP contribution is -2.53. The average molecular weight is 275 g/mol. The Kier molecular flexibility index (Phi) is 2.40. The number of nitrogens with one attached hydrogen (secondary N) is 1. The van der Waals surface area contributed by atoms with Gasteiger partial charge in [-0.3, -0.25) is 5.32 Å². The zero-order valence-corrected chi connectivity index (χ0v) is 11.2. The van der Waals surface area contributed by atoms with E-state index in [2.05, 4.69) is 33.5 Å². The van der Waals surface area contributed by atoms with Crippen LogP contribution in [0.5, 0.6) is 0 Å². The summed E-state index contributed by atoms with van der Waals surface area (Å²) in [6, 6.07) is 6.79. The fourth-order valence-electron chi connectivity index (χ4n) is 2.98. The minimum atomic E-state index is -0.192. The predicted molar refractivity (Wildman–Crippen MR) is 76.0 cm³/mol. The summed E-state index contributed by atoms with van der Waals surface area (Å²) in [5.74, 6) is 1.83. The van der Waals surface area contributed by atoms with Crippen LogP contribution in [-0.2, 0) is 0 Å². The van der Waals surface area contributed by atoms with E-state index in [9.17, 15) is 4.39 Å². The van der Waals surface area contributed by atoms with E-state index in [-0.39, 0.29) is 11.5 Å². The molecule has 5 heteroatoms. The summed E-state index contributed by atoms with van der Waals surface area (Å²) < 4.78 is 13.4. The number of thioether (sulfide) groups is 1. The zero-order chi connectivity index (χ0) is 12.9. The molecular weight excluding hydrogens is 261 g/mol. The van der Waals surface area contributed by atoms with Gasteiger partial charge in [0.2, 0.25) is 0 Å². The van der Waals surface area contributed by atoms with Gasteiger partial charge in [0.25, 0.3) is 0 Å². The van der Waals surface area contributed by atoms with Crippen LogP contribution in [-0.4, -0.2) is 28.9 Å². The van der Waals surface area contributed by atoms with Gasteiger partial charge >= 0.3 is 0 Å². The van der Waals surface area contributed by atoms with Crippen LogP contribution in [0.15, 0.2) is 48.3 Å². The second kappa shape index (κ2) is 4.02. The molecule has 0 aliphatic carbocycles. The lowest BCUT2D eigenvalue weighted by Gasteiger charge is -2.37. The fraction of sp³-hybridized carbons (Fsp3) is 0.286. The quantitative estimate of drug-likeness (QED) is 0.847. The van der Waals surface area contributed by atoms with E-state index < -0.39 is 0 Å². The van der Waals surface area contributed by atoms with Crippen LogP contribution in [0.4, 0.5) is 10.1 Å². The van der Waals surface area contributed by atoms with Crippen LogP contribution in [0.3, 0.4) is 0 Å². The Hall–Kier alpha value is -1.46. The number of hydrogen-bond donors (Lipinski definition) is 1. The van der Waals surface area contributed by atoms with Gasteiger partial charge in [0.05, 0.1) is 18.2 Å². The normalized spacial score (nSPS) is 28.4. The van der Waals surface area contributed by atoms with E-state index in [0.717, 1.165) is 17.3 Å². The Bertz CT molecular complexity index is 586. The van der Waals surface area contributed by atoms with Crippen LogP contribution in [0.25, 0.3) is 0 Å². The molecule has 1 aromatic rings. The number of anilines is 1. The Morgan fingerprint density at radius 3 is 3.21 bits per heavy atom. The van der Waals surface area contributed by atoms with E-state index in [1.165, 1.54) is 11.8 Å². The second-order valence-corrected chi connectivity index (χ2v) is 5.90. The van der Waals surface area contributed by atoms with Crippen molar-refractivity contribution in [3.05, 3.63) is 54.1 Å². The van der Waals surface area contributed by atoms with Crippen molar-refractivity contribution in [2.75, 3.05) is 23.2 Å². The van der Waals surface area contributed by atoms with E-state index in [0.29, 0.717) is 6.67 Å². The van der Waals surface area contributed by atoms with Gasteiger partial charge in [-0.15, -0.1) is 11.8 Å². The summed E-state index contributed by atoms with van der Waals surface area (Å²) in [7, 11) is 0. The fourth-order valence-corrected chi connectivity index (χ4v) is 4.28. The molecule has 3 heterocycles. The Morgan fingerprint density at radius 1 is 1.37 bits per heavy atom. The van der Waals surface area contributed by atoms with Gasteiger partial charge in [-0.25, -0.2) is 4.39 Å². The van der Waals surface area contributed by atoms with Crippen molar-refractivity contribution in [2.24, 2.45) is 0 Å². The van der Waals surface area contributed by atoms with Gasteiger partial charge in [0, 0.05) is 17.6 Å². The molecule has 0 amide bonds. The maximum absolute atomic E-state index is 13.4. The first kappa shape index (κ1) is 11.4. The predicted octanol–water partition coefficient (Wildman–Crippen LogP) is 2.31. The third kappa shape index (κ3) is 1.55. The SMILES string of the molecule is Fc1cccc(N2CNC34CSCN3C=CC=C24)c1. The highest BCUT2D eigenvalue weighted by atomic mass is 32.2. The number of benzene rings is 1. The molecule has 4 rings (SSSR count). The number of halogens is 1. The summed E-state index contributed by atoms with van der Waals surface area (Å²) >= 11 is 1.92. The van der Waals surface area contributed by atoms with Gasteiger partial charge in [0.15, 0.2) is 0 Å². The molecule has 0 radical (unpaired) electrons. The van der Waals surface area contributed by atoms with E-state index in [1.807, 2.05) is 17.8 Å². The van der Waals surface area contributed by atoms with Crippen LogP contribution in [0.1, 0.15) is 0 Å². The van der Waals surface area contributed by atoms with Gasteiger partial charge in [-0.1, -0.05) is 6.07 Å². The Labute approximate surface area is 115 Å². The van der Waals surface area contributed by atoms with Crippen LogP contribution < -0.4 is 10.2 Å². The smallest absolute Gasteiger partial charge is 0.143 e. The molecule has 3 nitrogen and oxygen atoms in total. The second-order valence-electron chi connectivity index (χ2n) is 4.94. The molecule has 3 aliphatic rings. The largest absolute Gasteiger partial charge is 0.345 e. The zero-order valence-electron chi connectivity index (χ0n) is 10.3. The highest BCUT2D eigenvalue weighted by molar-refractivity contribution is 7.99. The van der Waals surface area contributed by atoms with Crippen molar-refractivity contribution >= 4 is 17.4 Å². The standard InChI is InChI=1S/C14H14FN3S/c15-11-3-1-4-12(7-11)18-9-16-14-8-19-10-17(14)6-2-5-13(14)18/h1-7,16H,8-10H2. The lowest BCUT2D eigenvalue weighted by atomic mass is 10.0. The number of allylic oxidation sites excluding steroid dienone is 2. The van der Waals surface area contributed by atoms with Crippen molar-refractivity contribution in [3.63, 3.8) is 0 Å². The monoisotopic (exact) mass is 275 g/mol. The van der Waals surface area contributed by atoms with Crippen molar-refractivity contribution in [1.82, 2.24) is 10.2 Å². The van der Waals surface area contributed by atoms with Gasteiger partial charge in [-0.2, -0.15) is 0 Å². The molecule has 19 heavy (non-hydrogen) atoms. The van der Waals surface area contributed by atoms with E-state index >= 15 is 0 Å². The van der Waals surface area contributed by atoms with Gasteiger partial charge < -0.3 is 9.80 Å². The number of nitrogens with zero attached hydrogens (tertiary/aromatic N) is 2. The van der Waals surface area contributed by atoms with Crippen molar-refractivity contribution in [3.8, 4) is 0 Å². The Balaban J connectivity index is 1.77. The van der Waals surface area contributed by atoms with Crippen LogP contribution in [0.2, 0.25) is 0 Å². The van der Waals surface area contributed by atoms with Crippen molar-refractivity contribution in [1.29, 1.82) is 0 Å². The van der Waals surface area contributed by atoms with Gasteiger partial charge in [-0.05, 0) is 30.4 Å². The molecule has 1 atom stereocenters. The third-order valence-electron chi connectivity index (χ3n) is 3.92. The van der Waals surface area contributed by atoms with Crippen molar-refractivity contribution < 1.29 is 4.39 Å². The summed E-state index contributed by atoms with van der Waals surface area (Å²) in [4.78, 5) is 4.48. The first-order valence-electron chi connectivity index (χ1n) is 6.31. The first-order chi connectivity index (χ1) is 9.29. The van der Waals surface area contributed by atoms with E-state index in [1.54, 1.807) is 12.1 Å². The molecule has 3 aliphatic heterocycles. The molecule has 2 saturated heterocycles. The summed E-state index contributed by atoms with van der Waals surface area (Å²) in [5.41, 5.74) is 2.01. The Morgan fingerprint density at radius 2 is 2.32 bits per heavy atom. The topological polar surface area (TPSA) is 18.5 Å². The average Bonchev–Trinajstić information content (AvgIpc) is 2.99. The highest BCUT2D eigenvalue weighted by Crippen LogP contribution is 2.43. The molecule has 2 fully saturated rings. The molecule has 0 bridgehead atoms. The number of hydrogen-bond acceptors (Lipinski definition) is 4. The van der Waals surface area contributed by atoms with Crippen LogP contribution in [0, 0.1) is 5.82 Å². The lowest BCUT2D eigenvalue weighted by molar-refractivity contribution is 0.231. The first-order valence-corrected chi connectivity index (χ1v) is 7.47. The summed E-state index contributed by atoms with van der Waals surface area (Å²) in [5, 5.41) is 3.59. The maximum Gasteiger partial charge on any atom is 0.143 e. The molecule has 0 aromatic heterocycles. The number of rotatable bonds is 1. The minimum Gasteiger partial charge on any atom is -0.345 e. The van der Waals surface area contributed by atoms with E-state index in [4.69, 9.17) is 0 Å². The van der Waals surface area contributed by atoms with Crippen molar-refractivity contribution in [2.45, 2.75) is 5.66 Å². The molecule has 1 aromatic carbocycles. The molecular formula is C14H14FN3S. The van der Waals surface area contributed by atoms with Gasteiger partial charge in [0.1, 0.15) is 11.5 Å². The van der Waals surface area contributed by atoms with Crippen LogP contribution >= 0.6 is 11.8 Å². The molecule has 98 valence electrons. The minimum absolute atomic E-state index is 0.105. The molecule has 1 N–H and O–H groups in total. The summed E-state index contributed by atoms with van der Waals surface area (Å²) in [6.07, 6.45) is 6.33. The summed E-state index contributed by atoms with van der Waals surface area (Å²) in [6.45, 7) is 0.716.